The van der Waals surface area contributed by atoms with Gasteiger partial charge in [0.25, 0.3) is 0 Å². The van der Waals surface area contributed by atoms with E-state index in [0.29, 0.717) is 11.4 Å². The molecule has 4 nitrogen and oxygen atoms in total. The van der Waals surface area contributed by atoms with Gasteiger partial charge in [0.05, 0.1) is 11.4 Å². The summed E-state index contributed by atoms with van der Waals surface area (Å²) in [5.74, 6) is 0.0865. The number of carbonyl (C=O) groups is 1. The van der Waals surface area contributed by atoms with Gasteiger partial charge in [0.2, 0.25) is 5.91 Å². The van der Waals surface area contributed by atoms with Gasteiger partial charge in [-0.2, -0.15) is 0 Å². The number of halogens is 1. The van der Waals surface area contributed by atoms with E-state index in [9.17, 15) is 4.79 Å². The van der Waals surface area contributed by atoms with Gasteiger partial charge in [-0.25, -0.2) is 0 Å². The standard InChI is InChI=1S/C23H28ClN3O/c1-15(25)27(4)21(28)13-23(26)14-22(2,3)12-18-9-8-17(11-20(18)23)16-6-5-7-19(24)10-16/h5-11H,1,12-14,25-26H2,2-4H3. The van der Waals surface area contributed by atoms with Crippen molar-refractivity contribution >= 4 is 17.5 Å². The Morgan fingerprint density at radius 2 is 1.89 bits per heavy atom. The largest absolute Gasteiger partial charge is 0.386 e. The van der Waals surface area contributed by atoms with Crippen LogP contribution in [0.15, 0.2) is 54.9 Å². The molecule has 0 heterocycles. The number of amides is 1. The smallest absolute Gasteiger partial charge is 0.229 e. The monoisotopic (exact) mass is 397 g/mol. The molecule has 28 heavy (non-hydrogen) atoms. The van der Waals surface area contributed by atoms with Crippen LogP contribution in [0.3, 0.4) is 0 Å². The first-order valence-electron chi connectivity index (χ1n) is 9.40. The second-order valence-corrected chi connectivity index (χ2v) is 9.11. The molecule has 0 radical (unpaired) electrons. The van der Waals surface area contributed by atoms with E-state index in [1.165, 1.54) is 10.5 Å². The highest BCUT2D eigenvalue weighted by molar-refractivity contribution is 6.30. The summed E-state index contributed by atoms with van der Waals surface area (Å²) in [7, 11) is 1.63. The number of nitrogens with two attached hydrogens (primary N) is 2. The van der Waals surface area contributed by atoms with Gasteiger partial charge >= 0.3 is 0 Å². The maximum atomic E-state index is 12.8. The third kappa shape index (κ3) is 4.08. The van der Waals surface area contributed by atoms with Gasteiger partial charge < -0.3 is 16.4 Å². The minimum absolute atomic E-state index is 0.00209. The molecule has 1 aliphatic carbocycles. The van der Waals surface area contributed by atoms with Crippen LogP contribution in [0.4, 0.5) is 0 Å². The van der Waals surface area contributed by atoms with Crippen molar-refractivity contribution in [3.63, 3.8) is 0 Å². The number of benzene rings is 2. The Morgan fingerprint density at radius 1 is 1.21 bits per heavy atom. The Morgan fingerprint density at radius 3 is 2.54 bits per heavy atom. The Labute approximate surface area is 172 Å². The fourth-order valence-electron chi connectivity index (χ4n) is 4.28. The summed E-state index contributed by atoms with van der Waals surface area (Å²) < 4.78 is 0. The number of fused-ring (bicyclic) bond motifs is 1. The fourth-order valence-corrected chi connectivity index (χ4v) is 4.47. The molecule has 0 saturated carbocycles. The number of carbonyl (C=O) groups excluding carboxylic acids is 1. The van der Waals surface area contributed by atoms with Gasteiger partial charge in [-0.3, -0.25) is 4.79 Å². The molecule has 0 fully saturated rings. The maximum absolute atomic E-state index is 12.8. The van der Waals surface area contributed by atoms with E-state index in [1.54, 1.807) is 7.05 Å². The molecule has 0 bridgehead atoms. The maximum Gasteiger partial charge on any atom is 0.229 e. The van der Waals surface area contributed by atoms with Crippen molar-refractivity contribution < 1.29 is 4.79 Å². The van der Waals surface area contributed by atoms with Gasteiger partial charge in [0.1, 0.15) is 0 Å². The minimum atomic E-state index is -0.771. The predicted molar refractivity (Wildman–Crippen MR) is 116 cm³/mol. The zero-order chi connectivity index (χ0) is 20.7. The molecular formula is C23H28ClN3O. The summed E-state index contributed by atoms with van der Waals surface area (Å²) in [6.45, 7) is 8.04. The normalized spacial score (nSPS) is 20.3. The van der Waals surface area contributed by atoms with Crippen LogP contribution in [0.5, 0.6) is 0 Å². The quantitative estimate of drug-likeness (QED) is 0.802. The van der Waals surface area contributed by atoms with Gasteiger partial charge in [-0.1, -0.05) is 56.3 Å². The molecule has 0 spiro atoms. The van der Waals surface area contributed by atoms with Crippen LogP contribution in [-0.4, -0.2) is 17.9 Å². The third-order valence-electron chi connectivity index (χ3n) is 5.54. The first-order valence-corrected chi connectivity index (χ1v) is 9.78. The van der Waals surface area contributed by atoms with Crippen LogP contribution in [-0.2, 0) is 16.8 Å². The van der Waals surface area contributed by atoms with E-state index in [4.69, 9.17) is 23.1 Å². The van der Waals surface area contributed by atoms with E-state index >= 15 is 0 Å². The topological polar surface area (TPSA) is 72.3 Å². The van der Waals surface area contributed by atoms with Crippen LogP contribution < -0.4 is 11.5 Å². The van der Waals surface area contributed by atoms with Gasteiger partial charge in [-0.05, 0) is 58.7 Å². The van der Waals surface area contributed by atoms with E-state index in [1.807, 2.05) is 24.3 Å². The van der Waals surface area contributed by atoms with Crippen LogP contribution in [0.2, 0.25) is 5.02 Å². The van der Waals surface area contributed by atoms with E-state index < -0.39 is 5.54 Å². The zero-order valence-electron chi connectivity index (χ0n) is 16.8. The first-order chi connectivity index (χ1) is 13.0. The highest BCUT2D eigenvalue weighted by Gasteiger charge is 2.43. The van der Waals surface area contributed by atoms with Crippen LogP contribution in [0, 0.1) is 5.41 Å². The molecule has 148 valence electrons. The average molecular weight is 398 g/mol. The summed E-state index contributed by atoms with van der Waals surface area (Å²) in [5, 5.41) is 0.689. The van der Waals surface area contributed by atoms with Crippen molar-refractivity contribution in [3.8, 4) is 11.1 Å². The lowest BCUT2D eigenvalue weighted by Crippen LogP contribution is -2.49. The van der Waals surface area contributed by atoms with Crippen molar-refractivity contribution in [2.75, 3.05) is 7.05 Å². The number of nitrogens with zero attached hydrogens (tertiary/aromatic N) is 1. The SMILES string of the molecule is C=C(N)N(C)C(=O)CC1(N)CC(C)(C)Cc2ccc(-c3cccc(Cl)c3)cc21. The van der Waals surface area contributed by atoms with E-state index in [2.05, 4.69) is 38.6 Å². The third-order valence-corrected chi connectivity index (χ3v) is 5.77. The number of hydrogen-bond acceptors (Lipinski definition) is 3. The van der Waals surface area contributed by atoms with Gasteiger partial charge in [0.15, 0.2) is 0 Å². The summed E-state index contributed by atoms with van der Waals surface area (Å²) in [4.78, 5) is 14.1. The molecule has 5 heteroatoms. The summed E-state index contributed by atoms with van der Waals surface area (Å²) in [6, 6.07) is 14.1. The fraction of sp³-hybridized carbons (Fsp3) is 0.348. The summed E-state index contributed by atoms with van der Waals surface area (Å²) in [6.07, 6.45) is 1.81. The minimum Gasteiger partial charge on any atom is -0.386 e. The van der Waals surface area contributed by atoms with Crippen LogP contribution >= 0.6 is 11.6 Å². The van der Waals surface area contributed by atoms with Crippen molar-refractivity contribution in [3.05, 3.63) is 71.0 Å². The molecular weight excluding hydrogens is 370 g/mol. The second-order valence-electron chi connectivity index (χ2n) is 8.68. The predicted octanol–water partition coefficient (Wildman–Crippen LogP) is 4.41. The van der Waals surface area contributed by atoms with Crippen molar-refractivity contribution in [1.82, 2.24) is 4.90 Å². The van der Waals surface area contributed by atoms with Crippen molar-refractivity contribution in [2.24, 2.45) is 16.9 Å². The Hall–Kier alpha value is -2.30. The highest BCUT2D eigenvalue weighted by atomic mass is 35.5. The molecule has 0 aromatic heterocycles. The molecule has 1 atom stereocenters. The van der Waals surface area contributed by atoms with Crippen LogP contribution in [0.25, 0.3) is 11.1 Å². The van der Waals surface area contributed by atoms with Crippen molar-refractivity contribution in [2.45, 2.75) is 38.6 Å². The lowest BCUT2D eigenvalue weighted by atomic mass is 9.64. The van der Waals surface area contributed by atoms with E-state index in [0.717, 1.165) is 23.1 Å². The number of rotatable bonds is 4. The Bertz CT molecular complexity index is 937. The summed E-state index contributed by atoms with van der Waals surface area (Å²) >= 11 is 6.17. The first kappa shape index (κ1) is 20.4. The van der Waals surface area contributed by atoms with Crippen molar-refractivity contribution in [1.29, 1.82) is 0 Å². The highest BCUT2D eigenvalue weighted by Crippen LogP contribution is 2.46. The lowest BCUT2D eigenvalue weighted by Gasteiger charge is -2.44. The zero-order valence-corrected chi connectivity index (χ0v) is 17.5. The lowest BCUT2D eigenvalue weighted by molar-refractivity contribution is -0.130. The Kier molecular flexibility index (Phi) is 5.30. The molecule has 1 aliphatic rings. The van der Waals surface area contributed by atoms with E-state index in [-0.39, 0.29) is 23.6 Å². The molecule has 0 saturated heterocycles. The molecule has 2 aromatic rings. The molecule has 1 unspecified atom stereocenters. The van der Waals surface area contributed by atoms with Crippen LogP contribution in [0.1, 0.15) is 37.8 Å². The van der Waals surface area contributed by atoms with Gasteiger partial charge in [-0.15, -0.1) is 0 Å². The van der Waals surface area contributed by atoms with Gasteiger partial charge in [0, 0.05) is 18.5 Å². The Balaban J connectivity index is 2.06. The average Bonchev–Trinajstić information content (AvgIpc) is 2.59. The molecule has 2 aromatic carbocycles. The second kappa shape index (κ2) is 7.26. The number of hydrogen-bond donors (Lipinski definition) is 2. The summed E-state index contributed by atoms with van der Waals surface area (Å²) in [5.41, 5.74) is 16.1. The molecule has 0 aliphatic heterocycles. The molecule has 1 amide bonds. The molecule has 3 rings (SSSR count). The molecule has 4 N–H and O–H groups in total.